The van der Waals surface area contributed by atoms with E-state index in [4.69, 9.17) is 4.74 Å². The standard InChI is InChI=1S/C13H12BrNO/c1-9-8-10(16-2)6-7-11(9)12-4-3-5-13(14)15-12/h3-8H,1-2H3. The first-order valence-electron chi connectivity index (χ1n) is 4.98. The smallest absolute Gasteiger partial charge is 0.119 e. The zero-order valence-electron chi connectivity index (χ0n) is 9.20. The summed E-state index contributed by atoms with van der Waals surface area (Å²) in [5.41, 5.74) is 3.25. The Balaban J connectivity index is 2.48. The van der Waals surface area contributed by atoms with Gasteiger partial charge in [-0.05, 0) is 58.7 Å². The molecule has 0 aliphatic carbocycles. The van der Waals surface area contributed by atoms with Crippen molar-refractivity contribution in [3.05, 3.63) is 46.6 Å². The minimum Gasteiger partial charge on any atom is -0.497 e. The molecule has 0 amide bonds. The van der Waals surface area contributed by atoms with Crippen molar-refractivity contribution in [3.63, 3.8) is 0 Å². The van der Waals surface area contributed by atoms with Gasteiger partial charge in [0.2, 0.25) is 0 Å². The number of nitrogens with zero attached hydrogens (tertiary/aromatic N) is 1. The van der Waals surface area contributed by atoms with Crippen LogP contribution in [0, 0.1) is 6.92 Å². The minimum atomic E-state index is 0.847. The van der Waals surface area contributed by atoms with Crippen molar-refractivity contribution in [1.29, 1.82) is 0 Å². The van der Waals surface area contributed by atoms with Gasteiger partial charge < -0.3 is 4.74 Å². The van der Waals surface area contributed by atoms with Crippen LogP contribution in [0.15, 0.2) is 41.0 Å². The Hall–Kier alpha value is -1.35. The highest BCUT2D eigenvalue weighted by molar-refractivity contribution is 9.10. The molecule has 2 nitrogen and oxygen atoms in total. The monoisotopic (exact) mass is 277 g/mol. The van der Waals surface area contributed by atoms with E-state index in [1.807, 2.05) is 36.4 Å². The lowest BCUT2D eigenvalue weighted by molar-refractivity contribution is 0.414. The molecule has 0 aliphatic rings. The average molecular weight is 278 g/mol. The maximum atomic E-state index is 5.18. The van der Waals surface area contributed by atoms with Gasteiger partial charge in [0.05, 0.1) is 12.8 Å². The summed E-state index contributed by atoms with van der Waals surface area (Å²) in [4.78, 5) is 4.44. The number of aryl methyl sites for hydroxylation is 1. The number of ether oxygens (including phenoxy) is 1. The van der Waals surface area contributed by atoms with Crippen LogP contribution >= 0.6 is 15.9 Å². The van der Waals surface area contributed by atoms with Crippen molar-refractivity contribution in [1.82, 2.24) is 4.98 Å². The van der Waals surface area contributed by atoms with E-state index in [0.717, 1.165) is 27.2 Å². The normalized spacial score (nSPS) is 10.2. The number of hydrogen-bond donors (Lipinski definition) is 0. The maximum Gasteiger partial charge on any atom is 0.119 e. The van der Waals surface area contributed by atoms with Crippen LogP contribution in [0.5, 0.6) is 5.75 Å². The highest BCUT2D eigenvalue weighted by Crippen LogP contribution is 2.26. The molecule has 0 bridgehead atoms. The molecule has 2 aromatic rings. The summed E-state index contributed by atoms with van der Waals surface area (Å²) in [6.07, 6.45) is 0. The highest BCUT2D eigenvalue weighted by atomic mass is 79.9. The molecule has 0 fully saturated rings. The number of methoxy groups -OCH3 is 1. The zero-order valence-corrected chi connectivity index (χ0v) is 10.8. The molecule has 16 heavy (non-hydrogen) atoms. The summed E-state index contributed by atoms with van der Waals surface area (Å²) >= 11 is 3.38. The van der Waals surface area contributed by atoms with Crippen LogP contribution in [0.4, 0.5) is 0 Å². The molecule has 0 N–H and O–H groups in total. The van der Waals surface area contributed by atoms with Crippen molar-refractivity contribution in [3.8, 4) is 17.0 Å². The number of halogens is 1. The third-order valence-electron chi connectivity index (χ3n) is 2.42. The molecule has 82 valence electrons. The number of benzene rings is 1. The molecule has 0 radical (unpaired) electrons. The lowest BCUT2D eigenvalue weighted by atomic mass is 10.1. The molecule has 3 heteroatoms. The summed E-state index contributed by atoms with van der Waals surface area (Å²) in [6, 6.07) is 11.9. The fourth-order valence-electron chi connectivity index (χ4n) is 1.61. The third-order valence-corrected chi connectivity index (χ3v) is 2.87. The first kappa shape index (κ1) is 11.1. The van der Waals surface area contributed by atoms with Crippen molar-refractivity contribution >= 4 is 15.9 Å². The molecule has 0 atom stereocenters. The van der Waals surface area contributed by atoms with E-state index in [9.17, 15) is 0 Å². The van der Waals surface area contributed by atoms with Gasteiger partial charge in [0.1, 0.15) is 10.4 Å². The third kappa shape index (κ3) is 2.25. The molecule has 0 spiro atoms. The number of rotatable bonds is 2. The van der Waals surface area contributed by atoms with Gasteiger partial charge in [-0.15, -0.1) is 0 Å². The second kappa shape index (κ2) is 4.66. The van der Waals surface area contributed by atoms with Crippen LogP contribution < -0.4 is 4.74 Å². The van der Waals surface area contributed by atoms with Gasteiger partial charge in [0, 0.05) is 5.56 Å². The SMILES string of the molecule is COc1ccc(-c2cccc(Br)n2)c(C)c1. The first-order chi connectivity index (χ1) is 7.70. The predicted octanol–water partition coefficient (Wildman–Crippen LogP) is 3.83. The summed E-state index contributed by atoms with van der Waals surface area (Å²) in [5, 5.41) is 0. The predicted molar refractivity (Wildman–Crippen MR) is 68.7 cm³/mol. The Bertz CT molecular complexity index is 511. The molecule has 2 rings (SSSR count). The summed E-state index contributed by atoms with van der Waals surface area (Å²) in [5.74, 6) is 0.872. The van der Waals surface area contributed by atoms with Crippen molar-refractivity contribution in [2.75, 3.05) is 7.11 Å². The highest BCUT2D eigenvalue weighted by Gasteiger charge is 2.04. The number of pyridine rings is 1. The maximum absolute atomic E-state index is 5.18. The van der Waals surface area contributed by atoms with Crippen molar-refractivity contribution in [2.45, 2.75) is 6.92 Å². The fraction of sp³-hybridized carbons (Fsp3) is 0.154. The minimum absolute atomic E-state index is 0.847. The van der Waals surface area contributed by atoms with Crippen LogP contribution in [-0.2, 0) is 0 Å². The topological polar surface area (TPSA) is 22.1 Å². The van der Waals surface area contributed by atoms with Gasteiger partial charge in [-0.2, -0.15) is 0 Å². The van der Waals surface area contributed by atoms with E-state index < -0.39 is 0 Å². The quantitative estimate of drug-likeness (QED) is 0.779. The van der Waals surface area contributed by atoms with Gasteiger partial charge in [0.15, 0.2) is 0 Å². The van der Waals surface area contributed by atoms with Crippen LogP contribution in [-0.4, -0.2) is 12.1 Å². The second-order valence-corrected chi connectivity index (χ2v) is 4.34. The molecule has 0 saturated carbocycles. The summed E-state index contributed by atoms with van der Waals surface area (Å²) in [6.45, 7) is 2.06. The molecule has 1 aromatic heterocycles. The van der Waals surface area contributed by atoms with Gasteiger partial charge in [0.25, 0.3) is 0 Å². The number of aromatic nitrogens is 1. The Kier molecular flexibility index (Phi) is 3.25. The van der Waals surface area contributed by atoms with Gasteiger partial charge in [-0.1, -0.05) is 6.07 Å². The van der Waals surface area contributed by atoms with Crippen LogP contribution in [0.25, 0.3) is 11.3 Å². The molecular formula is C13H12BrNO. The van der Waals surface area contributed by atoms with E-state index in [0.29, 0.717) is 0 Å². The lowest BCUT2D eigenvalue weighted by Gasteiger charge is -2.07. The van der Waals surface area contributed by atoms with Crippen LogP contribution in [0.1, 0.15) is 5.56 Å². The lowest BCUT2D eigenvalue weighted by Crippen LogP contribution is -1.89. The van der Waals surface area contributed by atoms with E-state index in [-0.39, 0.29) is 0 Å². The summed E-state index contributed by atoms with van der Waals surface area (Å²) < 4.78 is 6.03. The van der Waals surface area contributed by atoms with Gasteiger partial charge in [-0.25, -0.2) is 4.98 Å². The van der Waals surface area contributed by atoms with E-state index in [1.54, 1.807) is 7.11 Å². The summed E-state index contributed by atoms with van der Waals surface area (Å²) in [7, 11) is 1.67. The largest absolute Gasteiger partial charge is 0.497 e. The fourth-order valence-corrected chi connectivity index (χ4v) is 1.95. The van der Waals surface area contributed by atoms with Crippen molar-refractivity contribution < 1.29 is 4.74 Å². The Morgan fingerprint density at radius 2 is 2.00 bits per heavy atom. The van der Waals surface area contributed by atoms with E-state index in [1.165, 1.54) is 0 Å². The average Bonchev–Trinajstić information content (AvgIpc) is 2.28. The Labute approximate surface area is 103 Å². The van der Waals surface area contributed by atoms with Crippen LogP contribution in [0.2, 0.25) is 0 Å². The molecule has 0 saturated heterocycles. The van der Waals surface area contributed by atoms with Gasteiger partial charge >= 0.3 is 0 Å². The zero-order chi connectivity index (χ0) is 11.5. The Morgan fingerprint density at radius 3 is 2.62 bits per heavy atom. The molecule has 1 aromatic carbocycles. The van der Waals surface area contributed by atoms with E-state index >= 15 is 0 Å². The van der Waals surface area contributed by atoms with Gasteiger partial charge in [-0.3, -0.25) is 0 Å². The molecular weight excluding hydrogens is 266 g/mol. The molecule has 0 unspecified atom stereocenters. The van der Waals surface area contributed by atoms with Crippen molar-refractivity contribution in [2.24, 2.45) is 0 Å². The molecule has 1 heterocycles. The van der Waals surface area contributed by atoms with E-state index in [2.05, 4.69) is 27.8 Å². The second-order valence-electron chi connectivity index (χ2n) is 3.53. The number of hydrogen-bond acceptors (Lipinski definition) is 2. The Morgan fingerprint density at radius 1 is 1.19 bits per heavy atom. The molecule has 0 aliphatic heterocycles. The first-order valence-corrected chi connectivity index (χ1v) is 5.77. The van der Waals surface area contributed by atoms with Crippen LogP contribution in [0.3, 0.4) is 0 Å².